The van der Waals surface area contributed by atoms with Gasteiger partial charge in [0.1, 0.15) is 0 Å². The molecule has 96 valence electrons. The Kier molecular flexibility index (Phi) is 4.57. The number of hydrogen-bond acceptors (Lipinski definition) is 3. The van der Waals surface area contributed by atoms with Crippen LogP contribution in [0.3, 0.4) is 0 Å². The van der Waals surface area contributed by atoms with E-state index in [1.54, 1.807) is 0 Å². The molecule has 1 N–H and O–H groups in total. The Bertz CT molecular complexity index is 334. The highest BCUT2D eigenvalue weighted by atomic mass is 15.2. The molecule has 2 rings (SSSR count). The molecule has 4 nitrogen and oxygen atoms in total. The van der Waals surface area contributed by atoms with E-state index >= 15 is 0 Å². The molecular formula is C13H24N4. The fourth-order valence-electron chi connectivity index (χ4n) is 2.50. The SMILES string of the molecule is CCNCc1cn(CC2CCN(CC)C2)cn1. The van der Waals surface area contributed by atoms with Crippen LogP contribution in [0.4, 0.5) is 0 Å². The quantitative estimate of drug-likeness (QED) is 0.809. The monoisotopic (exact) mass is 236 g/mol. The van der Waals surface area contributed by atoms with Crippen molar-refractivity contribution in [2.45, 2.75) is 33.4 Å². The molecule has 0 aliphatic carbocycles. The normalized spacial score (nSPS) is 21.2. The van der Waals surface area contributed by atoms with Gasteiger partial charge in [0.25, 0.3) is 0 Å². The number of nitrogens with zero attached hydrogens (tertiary/aromatic N) is 3. The summed E-state index contributed by atoms with van der Waals surface area (Å²) in [5.41, 5.74) is 1.15. The molecule has 1 aliphatic heterocycles. The molecule has 0 aromatic carbocycles. The Morgan fingerprint density at radius 1 is 1.47 bits per heavy atom. The van der Waals surface area contributed by atoms with Gasteiger partial charge in [-0.1, -0.05) is 13.8 Å². The van der Waals surface area contributed by atoms with Crippen molar-refractivity contribution in [1.29, 1.82) is 0 Å². The minimum absolute atomic E-state index is 0.802. The molecule has 4 heteroatoms. The molecule has 17 heavy (non-hydrogen) atoms. The zero-order valence-electron chi connectivity index (χ0n) is 11.0. The van der Waals surface area contributed by atoms with Gasteiger partial charge in [0, 0.05) is 25.8 Å². The van der Waals surface area contributed by atoms with E-state index in [4.69, 9.17) is 0 Å². The largest absolute Gasteiger partial charge is 0.337 e. The van der Waals surface area contributed by atoms with Gasteiger partial charge in [-0.2, -0.15) is 0 Å². The van der Waals surface area contributed by atoms with Crippen molar-refractivity contribution < 1.29 is 0 Å². The lowest BCUT2D eigenvalue weighted by Crippen LogP contribution is -2.21. The number of aromatic nitrogens is 2. The predicted molar refractivity (Wildman–Crippen MR) is 69.8 cm³/mol. The van der Waals surface area contributed by atoms with Crippen LogP contribution >= 0.6 is 0 Å². The molecule has 2 heterocycles. The van der Waals surface area contributed by atoms with Crippen LogP contribution in [0, 0.1) is 5.92 Å². The molecule has 0 amide bonds. The van der Waals surface area contributed by atoms with E-state index < -0.39 is 0 Å². The van der Waals surface area contributed by atoms with E-state index in [1.165, 1.54) is 26.1 Å². The van der Waals surface area contributed by atoms with Gasteiger partial charge in [-0.25, -0.2) is 4.98 Å². The van der Waals surface area contributed by atoms with Crippen LogP contribution in [0.15, 0.2) is 12.5 Å². The molecule has 1 saturated heterocycles. The lowest BCUT2D eigenvalue weighted by molar-refractivity contribution is 0.332. The number of hydrogen-bond donors (Lipinski definition) is 1. The number of imidazole rings is 1. The van der Waals surface area contributed by atoms with Gasteiger partial charge in [-0.15, -0.1) is 0 Å². The summed E-state index contributed by atoms with van der Waals surface area (Å²) in [6.45, 7) is 11.1. The van der Waals surface area contributed by atoms with Crippen molar-refractivity contribution in [3.8, 4) is 0 Å². The van der Waals surface area contributed by atoms with Crippen molar-refractivity contribution in [3.05, 3.63) is 18.2 Å². The second-order valence-corrected chi connectivity index (χ2v) is 4.89. The topological polar surface area (TPSA) is 33.1 Å². The van der Waals surface area contributed by atoms with Gasteiger partial charge in [0.15, 0.2) is 0 Å². The van der Waals surface area contributed by atoms with Gasteiger partial charge in [-0.05, 0) is 32.0 Å². The number of likely N-dealkylation sites (tertiary alicyclic amines) is 1. The minimum atomic E-state index is 0.802. The first-order chi connectivity index (χ1) is 8.31. The van der Waals surface area contributed by atoms with Crippen molar-refractivity contribution in [2.24, 2.45) is 5.92 Å². The van der Waals surface area contributed by atoms with Crippen LogP contribution < -0.4 is 5.32 Å². The molecule has 1 aromatic heterocycles. The van der Waals surface area contributed by atoms with E-state index in [9.17, 15) is 0 Å². The number of rotatable bonds is 6. The molecule has 0 radical (unpaired) electrons. The molecule has 1 unspecified atom stereocenters. The summed E-state index contributed by atoms with van der Waals surface area (Å²) in [6.07, 6.45) is 5.48. The van der Waals surface area contributed by atoms with Gasteiger partial charge in [0.05, 0.1) is 12.0 Å². The smallest absolute Gasteiger partial charge is 0.0950 e. The third-order valence-electron chi connectivity index (χ3n) is 3.53. The fourth-order valence-corrected chi connectivity index (χ4v) is 2.50. The Morgan fingerprint density at radius 2 is 2.35 bits per heavy atom. The highest BCUT2D eigenvalue weighted by Crippen LogP contribution is 2.17. The summed E-state index contributed by atoms with van der Waals surface area (Å²) in [5, 5.41) is 3.30. The van der Waals surface area contributed by atoms with Gasteiger partial charge >= 0.3 is 0 Å². The van der Waals surface area contributed by atoms with Crippen LogP contribution in [-0.4, -0.2) is 40.6 Å². The summed E-state index contributed by atoms with van der Waals surface area (Å²) in [7, 11) is 0. The summed E-state index contributed by atoms with van der Waals surface area (Å²) in [6, 6.07) is 0. The third kappa shape index (κ3) is 3.54. The highest BCUT2D eigenvalue weighted by Gasteiger charge is 2.21. The maximum atomic E-state index is 4.42. The number of nitrogens with one attached hydrogen (secondary N) is 1. The van der Waals surface area contributed by atoms with Gasteiger partial charge in [-0.3, -0.25) is 0 Å². The summed E-state index contributed by atoms with van der Waals surface area (Å²) in [5.74, 6) is 0.802. The maximum Gasteiger partial charge on any atom is 0.0950 e. The Balaban J connectivity index is 1.80. The summed E-state index contributed by atoms with van der Waals surface area (Å²) >= 11 is 0. The first-order valence-electron chi connectivity index (χ1n) is 6.75. The second kappa shape index (κ2) is 6.17. The molecule has 0 spiro atoms. The third-order valence-corrected chi connectivity index (χ3v) is 3.53. The molecular weight excluding hydrogens is 212 g/mol. The summed E-state index contributed by atoms with van der Waals surface area (Å²) < 4.78 is 2.25. The molecule has 1 atom stereocenters. The van der Waals surface area contributed by atoms with Crippen LogP contribution in [-0.2, 0) is 13.1 Å². The van der Waals surface area contributed by atoms with Crippen LogP contribution in [0.5, 0.6) is 0 Å². The average Bonchev–Trinajstić information content (AvgIpc) is 2.96. The molecule has 1 aromatic rings. The van der Waals surface area contributed by atoms with Crippen LogP contribution in [0.25, 0.3) is 0 Å². The Hall–Kier alpha value is -0.870. The average molecular weight is 236 g/mol. The van der Waals surface area contributed by atoms with Gasteiger partial charge in [0.2, 0.25) is 0 Å². The fraction of sp³-hybridized carbons (Fsp3) is 0.769. The zero-order valence-corrected chi connectivity index (χ0v) is 11.0. The predicted octanol–water partition coefficient (Wildman–Crippen LogP) is 1.33. The van der Waals surface area contributed by atoms with Crippen LogP contribution in [0.2, 0.25) is 0 Å². The summed E-state index contributed by atoms with van der Waals surface area (Å²) in [4.78, 5) is 6.95. The molecule has 0 bridgehead atoms. The second-order valence-electron chi connectivity index (χ2n) is 4.89. The Labute approximate surface area is 104 Å². The molecule has 1 fully saturated rings. The van der Waals surface area contributed by atoms with Crippen LogP contribution in [0.1, 0.15) is 26.0 Å². The highest BCUT2D eigenvalue weighted by molar-refractivity contribution is 4.96. The van der Waals surface area contributed by atoms with Gasteiger partial charge < -0.3 is 14.8 Å². The Morgan fingerprint density at radius 3 is 3.06 bits per heavy atom. The first kappa shape index (κ1) is 12.6. The van der Waals surface area contributed by atoms with Crippen molar-refractivity contribution in [3.63, 3.8) is 0 Å². The van der Waals surface area contributed by atoms with E-state index in [0.717, 1.165) is 31.2 Å². The molecule has 1 aliphatic rings. The van der Waals surface area contributed by atoms with Crippen molar-refractivity contribution in [1.82, 2.24) is 19.8 Å². The van der Waals surface area contributed by atoms with Crippen molar-refractivity contribution in [2.75, 3.05) is 26.2 Å². The van der Waals surface area contributed by atoms with E-state index in [-0.39, 0.29) is 0 Å². The standard InChI is InChI=1S/C13H24N4/c1-3-14-7-13-10-17(11-15-13)9-12-5-6-16(4-2)8-12/h10-12,14H,3-9H2,1-2H3. The van der Waals surface area contributed by atoms with Crippen molar-refractivity contribution >= 4 is 0 Å². The zero-order chi connectivity index (χ0) is 12.1. The van der Waals surface area contributed by atoms with E-state index in [1.807, 2.05) is 6.33 Å². The lowest BCUT2D eigenvalue weighted by Gasteiger charge is -2.13. The molecule has 0 saturated carbocycles. The van der Waals surface area contributed by atoms with E-state index in [2.05, 4.69) is 39.8 Å². The maximum absolute atomic E-state index is 4.42. The first-order valence-corrected chi connectivity index (χ1v) is 6.75. The minimum Gasteiger partial charge on any atom is -0.337 e. The van der Waals surface area contributed by atoms with E-state index in [0.29, 0.717) is 0 Å². The lowest BCUT2D eigenvalue weighted by atomic mass is 10.1.